The van der Waals surface area contributed by atoms with Crippen molar-refractivity contribution in [3.05, 3.63) is 29.3 Å². The van der Waals surface area contributed by atoms with E-state index in [-0.39, 0.29) is 6.42 Å². The average Bonchev–Trinajstić information content (AvgIpc) is 2.07. The Bertz CT molecular complexity index is 483. The monoisotopic (exact) mass is 209 g/mol. The summed E-state index contributed by atoms with van der Waals surface area (Å²) in [5, 5.41) is 8.48. The molecule has 4 heteroatoms. The molecule has 0 spiro atoms. The van der Waals surface area contributed by atoms with Gasteiger partial charge in [-0.3, -0.25) is 0 Å². The number of aryl methyl sites for hydroxylation is 1. The van der Waals surface area contributed by atoms with Gasteiger partial charge in [0.2, 0.25) is 0 Å². The Balaban J connectivity index is 3.31. The third-order valence-corrected chi connectivity index (χ3v) is 3.17. The number of hydrogen-bond acceptors (Lipinski definition) is 3. The third kappa shape index (κ3) is 2.33. The van der Waals surface area contributed by atoms with E-state index in [0.717, 1.165) is 5.56 Å². The van der Waals surface area contributed by atoms with Crippen molar-refractivity contribution in [2.24, 2.45) is 0 Å². The van der Waals surface area contributed by atoms with Crippen molar-refractivity contribution in [2.75, 3.05) is 6.26 Å². The summed E-state index contributed by atoms with van der Waals surface area (Å²) in [6, 6.07) is 7.05. The van der Waals surface area contributed by atoms with Crippen molar-refractivity contribution < 1.29 is 8.42 Å². The molecular formula is C10H11NO2S. The molecule has 1 aromatic rings. The van der Waals surface area contributed by atoms with Crippen LogP contribution in [0.4, 0.5) is 0 Å². The zero-order chi connectivity index (χ0) is 10.8. The maximum atomic E-state index is 11.3. The smallest absolute Gasteiger partial charge is 0.175 e. The number of benzene rings is 1. The third-order valence-electron chi connectivity index (χ3n) is 1.94. The van der Waals surface area contributed by atoms with Gasteiger partial charge in [0, 0.05) is 6.26 Å². The van der Waals surface area contributed by atoms with Gasteiger partial charge in [-0.2, -0.15) is 5.26 Å². The minimum atomic E-state index is -3.18. The van der Waals surface area contributed by atoms with Crippen LogP contribution in [0.3, 0.4) is 0 Å². The van der Waals surface area contributed by atoms with E-state index in [2.05, 4.69) is 0 Å². The summed E-state index contributed by atoms with van der Waals surface area (Å²) in [6.07, 6.45) is 1.41. The predicted octanol–water partition coefficient (Wildman–Crippen LogP) is 1.46. The Morgan fingerprint density at radius 2 is 2.07 bits per heavy atom. The molecule has 0 aromatic heterocycles. The summed E-state index contributed by atoms with van der Waals surface area (Å²) < 4.78 is 22.7. The van der Waals surface area contributed by atoms with Gasteiger partial charge >= 0.3 is 0 Å². The SMILES string of the molecule is Cc1ccc(CC#N)cc1S(C)(=O)=O. The molecule has 1 rings (SSSR count). The number of rotatable bonds is 2. The summed E-state index contributed by atoms with van der Waals surface area (Å²) in [4.78, 5) is 0.310. The van der Waals surface area contributed by atoms with Gasteiger partial charge in [0.05, 0.1) is 17.4 Å². The molecule has 0 saturated heterocycles. The molecule has 0 saturated carbocycles. The topological polar surface area (TPSA) is 57.9 Å². The highest BCUT2D eigenvalue weighted by Crippen LogP contribution is 2.16. The molecule has 0 atom stereocenters. The lowest BCUT2D eigenvalue weighted by Crippen LogP contribution is -2.01. The highest BCUT2D eigenvalue weighted by molar-refractivity contribution is 7.90. The van der Waals surface area contributed by atoms with Crippen molar-refractivity contribution in [3.8, 4) is 6.07 Å². The second kappa shape index (κ2) is 3.81. The zero-order valence-corrected chi connectivity index (χ0v) is 8.93. The Morgan fingerprint density at radius 1 is 1.43 bits per heavy atom. The molecule has 0 aliphatic heterocycles. The van der Waals surface area contributed by atoms with Gasteiger partial charge in [0.25, 0.3) is 0 Å². The van der Waals surface area contributed by atoms with Crippen molar-refractivity contribution in [1.82, 2.24) is 0 Å². The highest BCUT2D eigenvalue weighted by atomic mass is 32.2. The van der Waals surface area contributed by atoms with Crippen molar-refractivity contribution in [3.63, 3.8) is 0 Å². The maximum Gasteiger partial charge on any atom is 0.175 e. The van der Waals surface area contributed by atoms with Gasteiger partial charge in [0.15, 0.2) is 9.84 Å². The first-order valence-electron chi connectivity index (χ1n) is 4.11. The first-order valence-corrected chi connectivity index (χ1v) is 6.01. The van der Waals surface area contributed by atoms with Crippen LogP contribution in [0.1, 0.15) is 11.1 Å². The Kier molecular flexibility index (Phi) is 2.92. The first-order chi connectivity index (χ1) is 6.45. The van der Waals surface area contributed by atoms with Crippen LogP contribution in [-0.4, -0.2) is 14.7 Å². The van der Waals surface area contributed by atoms with E-state index in [9.17, 15) is 8.42 Å². The number of sulfone groups is 1. The average molecular weight is 209 g/mol. The van der Waals surface area contributed by atoms with Crippen LogP contribution < -0.4 is 0 Å². The predicted molar refractivity (Wildman–Crippen MR) is 53.6 cm³/mol. The molecule has 0 radical (unpaired) electrons. The number of nitriles is 1. The summed E-state index contributed by atoms with van der Waals surface area (Å²) >= 11 is 0. The Morgan fingerprint density at radius 3 is 2.57 bits per heavy atom. The van der Waals surface area contributed by atoms with Crippen LogP contribution in [0, 0.1) is 18.3 Å². The summed E-state index contributed by atoms with van der Waals surface area (Å²) in [7, 11) is -3.18. The highest BCUT2D eigenvalue weighted by Gasteiger charge is 2.10. The number of hydrogen-bond donors (Lipinski definition) is 0. The quantitative estimate of drug-likeness (QED) is 0.741. The van der Waals surface area contributed by atoms with Gasteiger partial charge in [-0.1, -0.05) is 12.1 Å². The Labute approximate surface area is 83.9 Å². The fourth-order valence-electron chi connectivity index (χ4n) is 1.25. The molecule has 0 bridgehead atoms. The second-order valence-electron chi connectivity index (χ2n) is 3.21. The normalized spacial score (nSPS) is 10.9. The van der Waals surface area contributed by atoms with E-state index in [0.29, 0.717) is 10.5 Å². The standard InChI is InChI=1S/C10H11NO2S/c1-8-3-4-9(5-6-11)7-10(8)14(2,12)13/h3-4,7H,5H2,1-2H3. The van der Waals surface area contributed by atoms with Crippen molar-refractivity contribution >= 4 is 9.84 Å². The van der Waals surface area contributed by atoms with Gasteiger partial charge in [0.1, 0.15) is 0 Å². The fourth-order valence-corrected chi connectivity index (χ4v) is 2.26. The molecule has 0 heterocycles. The summed E-state index contributed by atoms with van der Waals surface area (Å²) in [5.74, 6) is 0. The summed E-state index contributed by atoms with van der Waals surface area (Å²) in [5.41, 5.74) is 1.45. The molecule has 0 aliphatic rings. The molecule has 0 aliphatic carbocycles. The largest absolute Gasteiger partial charge is 0.224 e. The zero-order valence-electron chi connectivity index (χ0n) is 8.11. The van der Waals surface area contributed by atoms with Crippen LogP contribution in [0.25, 0.3) is 0 Å². The fraction of sp³-hybridized carbons (Fsp3) is 0.300. The molecule has 14 heavy (non-hydrogen) atoms. The lowest BCUT2D eigenvalue weighted by atomic mass is 10.1. The lowest BCUT2D eigenvalue weighted by molar-refractivity contribution is 0.601. The molecule has 0 N–H and O–H groups in total. The van der Waals surface area contributed by atoms with Crippen molar-refractivity contribution in [2.45, 2.75) is 18.2 Å². The van der Waals surface area contributed by atoms with Gasteiger partial charge in [-0.05, 0) is 24.1 Å². The van der Waals surface area contributed by atoms with E-state index in [4.69, 9.17) is 5.26 Å². The first kappa shape index (κ1) is 10.7. The van der Waals surface area contributed by atoms with Crippen LogP contribution in [0.2, 0.25) is 0 Å². The lowest BCUT2D eigenvalue weighted by Gasteiger charge is -2.04. The van der Waals surface area contributed by atoms with Gasteiger partial charge in [-0.15, -0.1) is 0 Å². The van der Waals surface area contributed by atoms with Crippen molar-refractivity contribution in [1.29, 1.82) is 5.26 Å². The molecule has 74 valence electrons. The van der Waals surface area contributed by atoms with E-state index in [1.807, 2.05) is 6.07 Å². The molecule has 3 nitrogen and oxygen atoms in total. The molecule has 0 unspecified atom stereocenters. The second-order valence-corrected chi connectivity index (χ2v) is 5.19. The maximum absolute atomic E-state index is 11.3. The number of nitrogens with zero attached hydrogens (tertiary/aromatic N) is 1. The summed E-state index contributed by atoms with van der Waals surface area (Å²) in [6.45, 7) is 1.74. The van der Waals surface area contributed by atoms with E-state index >= 15 is 0 Å². The van der Waals surface area contributed by atoms with Gasteiger partial charge < -0.3 is 0 Å². The minimum absolute atomic E-state index is 0.239. The van der Waals surface area contributed by atoms with E-state index < -0.39 is 9.84 Å². The van der Waals surface area contributed by atoms with Gasteiger partial charge in [-0.25, -0.2) is 8.42 Å². The van der Waals surface area contributed by atoms with E-state index in [1.165, 1.54) is 6.26 Å². The Hall–Kier alpha value is -1.34. The van der Waals surface area contributed by atoms with Crippen LogP contribution in [-0.2, 0) is 16.3 Å². The minimum Gasteiger partial charge on any atom is -0.224 e. The molecule has 0 fully saturated rings. The van der Waals surface area contributed by atoms with E-state index in [1.54, 1.807) is 25.1 Å². The molecule has 1 aromatic carbocycles. The van der Waals surface area contributed by atoms with Crippen LogP contribution >= 0.6 is 0 Å². The molecular weight excluding hydrogens is 198 g/mol. The molecule has 0 amide bonds. The van der Waals surface area contributed by atoms with Crippen LogP contribution in [0.15, 0.2) is 23.1 Å². The van der Waals surface area contributed by atoms with Crippen LogP contribution in [0.5, 0.6) is 0 Å².